The number of thiazole rings is 1. The van der Waals surface area contributed by atoms with Crippen molar-refractivity contribution in [1.29, 1.82) is 5.41 Å². The molecule has 94 valence electrons. The van der Waals surface area contributed by atoms with Gasteiger partial charge in [-0.05, 0) is 12.1 Å². The molecule has 0 bridgehead atoms. The van der Waals surface area contributed by atoms with Gasteiger partial charge >= 0.3 is 0 Å². The van der Waals surface area contributed by atoms with Gasteiger partial charge < -0.3 is 10.6 Å². The van der Waals surface area contributed by atoms with Gasteiger partial charge in [0.05, 0.1) is 17.9 Å². The predicted molar refractivity (Wildman–Crippen MR) is 76.1 cm³/mol. The van der Waals surface area contributed by atoms with E-state index in [1.165, 1.54) is 4.88 Å². The first-order valence-corrected chi connectivity index (χ1v) is 6.64. The van der Waals surface area contributed by atoms with E-state index in [0.717, 1.165) is 18.8 Å². The summed E-state index contributed by atoms with van der Waals surface area (Å²) in [6.45, 7) is 1.55. The lowest BCUT2D eigenvalue weighted by Gasteiger charge is -2.23. The van der Waals surface area contributed by atoms with Crippen LogP contribution in [0, 0.1) is 5.41 Å². The largest absolute Gasteiger partial charge is 0.388 e. The zero-order chi connectivity index (χ0) is 12.8. The molecular weight excluding hydrogens is 244 g/mol. The topological polar surface area (TPSA) is 66.0 Å². The van der Waals surface area contributed by atoms with E-state index in [4.69, 9.17) is 11.1 Å². The van der Waals surface area contributed by atoms with Gasteiger partial charge in [0.15, 0.2) is 0 Å². The Morgan fingerprint density at radius 3 is 2.72 bits per heavy atom. The van der Waals surface area contributed by atoms with Gasteiger partial charge in [0, 0.05) is 29.7 Å². The number of rotatable bonds is 6. The van der Waals surface area contributed by atoms with Crippen molar-refractivity contribution in [2.24, 2.45) is 5.73 Å². The molecule has 2 aromatic rings. The molecule has 1 heterocycles. The number of para-hydroxylation sites is 1. The molecule has 0 spiro atoms. The predicted octanol–water partition coefficient (Wildman–Crippen LogP) is 2.48. The minimum atomic E-state index is 0.222. The number of benzene rings is 1. The van der Waals surface area contributed by atoms with E-state index in [2.05, 4.69) is 22.0 Å². The number of nitrogens with zero attached hydrogens (tertiary/aromatic N) is 2. The molecule has 0 fully saturated rings. The number of nitrogens with one attached hydrogen (secondary N) is 1. The standard InChI is InChI=1S/C13H16N4S/c14-13(15)6-7-17(9-12-8-16-10-18-12)11-4-2-1-3-5-11/h1-5,8,10H,6-7,9H2,(H3,14,15). The maximum Gasteiger partial charge on any atom is 0.0923 e. The van der Waals surface area contributed by atoms with Crippen LogP contribution in [-0.4, -0.2) is 17.4 Å². The minimum absolute atomic E-state index is 0.222. The lowest BCUT2D eigenvalue weighted by atomic mass is 10.2. The highest BCUT2D eigenvalue weighted by Gasteiger charge is 2.08. The second kappa shape index (κ2) is 6.16. The normalized spacial score (nSPS) is 10.2. The zero-order valence-electron chi connectivity index (χ0n) is 10.0. The third-order valence-corrected chi connectivity index (χ3v) is 3.37. The highest BCUT2D eigenvalue weighted by atomic mass is 32.1. The Balaban J connectivity index is 2.10. The number of hydrogen-bond donors (Lipinski definition) is 2. The summed E-state index contributed by atoms with van der Waals surface area (Å²) in [7, 11) is 0. The average molecular weight is 260 g/mol. The molecule has 18 heavy (non-hydrogen) atoms. The number of amidine groups is 1. The smallest absolute Gasteiger partial charge is 0.0923 e. The second-order valence-electron chi connectivity index (χ2n) is 4.00. The third kappa shape index (κ3) is 3.56. The fourth-order valence-electron chi connectivity index (χ4n) is 1.70. The molecular formula is C13H16N4S. The molecule has 0 amide bonds. The van der Waals surface area contributed by atoms with Gasteiger partial charge in [0.1, 0.15) is 0 Å². The van der Waals surface area contributed by atoms with Crippen molar-refractivity contribution < 1.29 is 0 Å². The highest BCUT2D eigenvalue weighted by molar-refractivity contribution is 7.09. The van der Waals surface area contributed by atoms with Crippen LogP contribution in [0.15, 0.2) is 42.0 Å². The summed E-state index contributed by atoms with van der Waals surface area (Å²) >= 11 is 1.64. The van der Waals surface area contributed by atoms with Crippen molar-refractivity contribution in [2.45, 2.75) is 13.0 Å². The molecule has 0 saturated heterocycles. The Morgan fingerprint density at radius 1 is 1.33 bits per heavy atom. The van der Waals surface area contributed by atoms with Crippen LogP contribution < -0.4 is 10.6 Å². The van der Waals surface area contributed by atoms with E-state index >= 15 is 0 Å². The first-order chi connectivity index (χ1) is 8.75. The summed E-state index contributed by atoms with van der Waals surface area (Å²) in [6.07, 6.45) is 2.46. The summed E-state index contributed by atoms with van der Waals surface area (Å²) in [5, 5.41) is 7.34. The number of nitrogens with two attached hydrogens (primary N) is 1. The van der Waals surface area contributed by atoms with Crippen molar-refractivity contribution in [3.8, 4) is 0 Å². The van der Waals surface area contributed by atoms with Crippen molar-refractivity contribution >= 4 is 22.9 Å². The van der Waals surface area contributed by atoms with Crippen LogP contribution in [0.4, 0.5) is 5.69 Å². The van der Waals surface area contributed by atoms with Crippen molar-refractivity contribution in [2.75, 3.05) is 11.4 Å². The molecule has 4 nitrogen and oxygen atoms in total. The monoisotopic (exact) mass is 260 g/mol. The molecule has 1 aromatic carbocycles. The van der Waals surface area contributed by atoms with E-state index in [9.17, 15) is 0 Å². The van der Waals surface area contributed by atoms with Crippen molar-refractivity contribution in [3.63, 3.8) is 0 Å². The Bertz CT molecular complexity index is 481. The minimum Gasteiger partial charge on any atom is -0.388 e. The van der Waals surface area contributed by atoms with Crippen LogP contribution in [0.5, 0.6) is 0 Å². The van der Waals surface area contributed by atoms with E-state index in [1.54, 1.807) is 11.3 Å². The van der Waals surface area contributed by atoms with Gasteiger partial charge in [-0.3, -0.25) is 10.4 Å². The molecule has 0 unspecified atom stereocenters. The van der Waals surface area contributed by atoms with Gasteiger partial charge in [-0.1, -0.05) is 18.2 Å². The van der Waals surface area contributed by atoms with Crippen LogP contribution in [-0.2, 0) is 6.54 Å². The first-order valence-electron chi connectivity index (χ1n) is 5.76. The first kappa shape index (κ1) is 12.6. The van der Waals surface area contributed by atoms with E-state index in [1.807, 2.05) is 29.9 Å². The third-order valence-electron chi connectivity index (χ3n) is 2.60. The molecule has 0 saturated carbocycles. The molecule has 2 rings (SSSR count). The van der Waals surface area contributed by atoms with Crippen LogP contribution in [0.25, 0.3) is 0 Å². The fraction of sp³-hybridized carbons (Fsp3) is 0.231. The van der Waals surface area contributed by atoms with Crippen LogP contribution in [0.1, 0.15) is 11.3 Å². The van der Waals surface area contributed by atoms with Crippen LogP contribution >= 0.6 is 11.3 Å². The van der Waals surface area contributed by atoms with Gasteiger partial charge in [0.2, 0.25) is 0 Å². The SMILES string of the molecule is N=C(N)CCN(Cc1cncs1)c1ccccc1. The molecule has 3 N–H and O–H groups in total. The summed E-state index contributed by atoms with van der Waals surface area (Å²) < 4.78 is 0. The molecule has 0 radical (unpaired) electrons. The van der Waals surface area contributed by atoms with Gasteiger partial charge in [-0.25, -0.2) is 0 Å². The van der Waals surface area contributed by atoms with Gasteiger partial charge in [-0.2, -0.15) is 0 Å². The lowest BCUT2D eigenvalue weighted by Crippen LogP contribution is -2.27. The molecule has 0 aliphatic carbocycles. The molecule has 0 aliphatic heterocycles. The summed E-state index contributed by atoms with van der Waals surface area (Å²) in [5.41, 5.74) is 8.42. The summed E-state index contributed by atoms with van der Waals surface area (Å²) in [4.78, 5) is 7.52. The average Bonchev–Trinajstić information content (AvgIpc) is 2.88. The highest BCUT2D eigenvalue weighted by Crippen LogP contribution is 2.18. The Hall–Kier alpha value is -1.88. The molecule has 1 aromatic heterocycles. The zero-order valence-corrected chi connectivity index (χ0v) is 10.9. The summed E-state index contributed by atoms with van der Waals surface area (Å²) in [5.74, 6) is 0.222. The van der Waals surface area contributed by atoms with E-state index in [0.29, 0.717) is 6.42 Å². The number of hydrogen-bond acceptors (Lipinski definition) is 4. The van der Waals surface area contributed by atoms with Crippen molar-refractivity contribution in [3.05, 3.63) is 46.9 Å². The Kier molecular flexibility index (Phi) is 4.30. The quantitative estimate of drug-likeness (QED) is 0.619. The van der Waals surface area contributed by atoms with Crippen LogP contribution in [0.2, 0.25) is 0 Å². The maximum atomic E-state index is 7.34. The maximum absolute atomic E-state index is 7.34. The van der Waals surface area contributed by atoms with Crippen LogP contribution in [0.3, 0.4) is 0 Å². The number of aromatic nitrogens is 1. The van der Waals surface area contributed by atoms with E-state index in [-0.39, 0.29) is 5.84 Å². The molecule has 0 aliphatic rings. The fourth-order valence-corrected chi connectivity index (χ4v) is 2.31. The second-order valence-corrected chi connectivity index (χ2v) is 4.97. The Labute approximate surface area is 111 Å². The lowest BCUT2D eigenvalue weighted by molar-refractivity contribution is 0.809. The van der Waals surface area contributed by atoms with Gasteiger partial charge in [-0.15, -0.1) is 11.3 Å². The number of anilines is 1. The van der Waals surface area contributed by atoms with Crippen molar-refractivity contribution in [1.82, 2.24) is 4.98 Å². The van der Waals surface area contributed by atoms with Gasteiger partial charge in [0.25, 0.3) is 0 Å². The molecule has 0 atom stereocenters. The van der Waals surface area contributed by atoms with E-state index < -0.39 is 0 Å². The molecule has 5 heteroatoms. The Morgan fingerprint density at radius 2 is 2.11 bits per heavy atom. The summed E-state index contributed by atoms with van der Waals surface area (Å²) in [6, 6.07) is 10.2.